The number of carbonyl (C=O) groups excluding carboxylic acids is 1. The summed E-state index contributed by atoms with van der Waals surface area (Å²) in [7, 11) is -3.69. The molecule has 0 aromatic heterocycles. The second-order valence-electron chi connectivity index (χ2n) is 6.23. The number of carbonyl (C=O) groups is 1. The van der Waals surface area contributed by atoms with E-state index in [2.05, 4.69) is 10.6 Å². The molecule has 1 atom stereocenters. The molecule has 0 radical (unpaired) electrons. The van der Waals surface area contributed by atoms with Gasteiger partial charge in [0.25, 0.3) is 0 Å². The molecule has 2 rings (SSSR count). The maximum Gasteiger partial charge on any atom is 0.246 e. The first-order valence-corrected chi connectivity index (χ1v) is 10.7. The average Bonchev–Trinajstić information content (AvgIpc) is 3.10. The van der Waals surface area contributed by atoms with Crippen LogP contribution in [0.25, 0.3) is 0 Å². The number of ether oxygens (including phenoxy) is 1. The third-order valence-electron chi connectivity index (χ3n) is 4.44. The fourth-order valence-electron chi connectivity index (χ4n) is 3.13. The number of amides is 1. The third-order valence-corrected chi connectivity index (χ3v) is 6.52. The van der Waals surface area contributed by atoms with Crippen molar-refractivity contribution in [1.82, 2.24) is 9.62 Å². The number of hydrogen-bond acceptors (Lipinski definition) is 5. The van der Waals surface area contributed by atoms with E-state index < -0.39 is 10.0 Å². The molecule has 1 amide bonds. The van der Waals surface area contributed by atoms with Crippen molar-refractivity contribution in [3.63, 3.8) is 0 Å². The summed E-state index contributed by atoms with van der Waals surface area (Å²) in [5.41, 5.74) is 0.460. The Kier molecular flexibility index (Phi) is 7.43. The summed E-state index contributed by atoms with van der Waals surface area (Å²) in [6.07, 6.45) is 2.44. The number of rotatable bonds is 9. The molecule has 1 aromatic rings. The number of nitrogens with zero attached hydrogens (tertiary/aromatic N) is 1. The summed E-state index contributed by atoms with van der Waals surface area (Å²) in [6.45, 7) is 7.43. The predicted octanol–water partition coefficient (Wildman–Crippen LogP) is 2.20. The molecule has 1 fully saturated rings. The molecule has 7 nitrogen and oxygen atoms in total. The first-order valence-electron chi connectivity index (χ1n) is 9.22. The summed E-state index contributed by atoms with van der Waals surface area (Å²) < 4.78 is 32.7. The van der Waals surface area contributed by atoms with Crippen molar-refractivity contribution in [2.24, 2.45) is 0 Å². The molecule has 1 aromatic carbocycles. The van der Waals surface area contributed by atoms with Gasteiger partial charge in [0.05, 0.1) is 6.61 Å². The molecule has 0 saturated carbocycles. The molecule has 1 aliphatic heterocycles. The first kappa shape index (κ1) is 20.7. The summed E-state index contributed by atoms with van der Waals surface area (Å²) in [5.74, 6) is 0.176. The molecular weight excluding hydrogens is 354 g/mol. The van der Waals surface area contributed by atoms with Gasteiger partial charge in [-0.15, -0.1) is 0 Å². The van der Waals surface area contributed by atoms with E-state index in [9.17, 15) is 13.2 Å². The molecule has 1 saturated heterocycles. The molecule has 8 heteroatoms. The maximum atomic E-state index is 12.9. The van der Waals surface area contributed by atoms with Crippen LogP contribution in [-0.4, -0.2) is 50.9 Å². The largest absolute Gasteiger partial charge is 0.492 e. The quantitative estimate of drug-likeness (QED) is 0.683. The van der Waals surface area contributed by atoms with Crippen molar-refractivity contribution in [2.45, 2.75) is 51.0 Å². The Bertz CT molecular complexity index is 711. The minimum absolute atomic E-state index is 0.0832. The van der Waals surface area contributed by atoms with Crippen LogP contribution in [0.4, 0.5) is 5.69 Å². The van der Waals surface area contributed by atoms with E-state index in [0.29, 0.717) is 37.6 Å². The Balaban J connectivity index is 2.25. The average molecular weight is 384 g/mol. The Hall–Kier alpha value is -1.64. The molecule has 0 spiro atoms. The van der Waals surface area contributed by atoms with E-state index in [1.165, 1.54) is 10.4 Å². The van der Waals surface area contributed by atoms with Gasteiger partial charge in [-0.25, -0.2) is 8.42 Å². The number of anilines is 1. The van der Waals surface area contributed by atoms with Crippen molar-refractivity contribution in [3.05, 3.63) is 18.2 Å². The molecular formula is C18H29N3O4S. The lowest BCUT2D eigenvalue weighted by molar-refractivity contribution is -0.116. The SMILES string of the molecule is CCOc1ccc(NC(=O)CC2CCCN2)cc1S(=O)(=O)N(CC)CC. The van der Waals surface area contributed by atoms with Crippen LogP contribution >= 0.6 is 0 Å². The summed E-state index contributed by atoms with van der Waals surface area (Å²) in [4.78, 5) is 12.3. The third kappa shape index (κ3) is 4.96. The van der Waals surface area contributed by atoms with Gasteiger partial charge in [-0.3, -0.25) is 4.79 Å². The lowest BCUT2D eigenvalue weighted by atomic mass is 10.1. The number of benzene rings is 1. The van der Waals surface area contributed by atoms with Gasteiger partial charge in [0.2, 0.25) is 15.9 Å². The van der Waals surface area contributed by atoms with Crippen LogP contribution in [0, 0.1) is 0 Å². The monoisotopic (exact) mass is 383 g/mol. The van der Waals surface area contributed by atoms with E-state index in [0.717, 1.165) is 19.4 Å². The topological polar surface area (TPSA) is 87.7 Å². The fraction of sp³-hybridized carbons (Fsp3) is 0.611. The van der Waals surface area contributed by atoms with Crippen molar-refractivity contribution in [2.75, 3.05) is 31.6 Å². The van der Waals surface area contributed by atoms with Gasteiger partial charge in [0.15, 0.2) is 0 Å². The van der Waals surface area contributed by atoms with Gasteiger partial charge >= 0.3 is 0 Å². The van der Waals surface area contributed by atoms with Crippen LogP contribution in [0.1, 0.15) is 40.0 Å². The van der Waals surface area contributed by atoms with Crippen LogP contribution in [0.2, 0.25) is 0 Å². The molecule has 0 bridgehead atoms. The molecule has 2 N–H and O–H groups in total. The fourth-order valence-corrected chi connectivity index (χ4v) is 4.75. The molecule has 1 aliphatic rings. The Morgan fingerprint density at radius 3 is 2.62 bits per heavy atom. The highest BCUT2D eigenvalue weighted by molar-refractivity contribution is 7.89. The molecule has 0 aliphatic carbocycles. The summed E-state index contributed by atoms with van der Waals surface area (Å²) in [5, 5.41) is 6.09. The Morgan fingerprint density at radius 1 is 1.31 bits per heavy atom. The number of hydrogen-bond donors (Lipinski definition) is 2. The lowest BCUT2D eigenvalue weighted by Gasteiger charge is -2.21. The maximum absolute atomic E-state index is 12.9. The van der Waals surface area contributed by atoms with Crippen molar-refractivity contribution in [3.8, 4) is 5.75 Å². The molecule has 1 heterocycles. The highest BCUT2D eigenvalue weighted by Crippen LogP contribution is 2.30. The zero-order valence-electron chi connectivity index (χ0n) is 15.7. The van der Waals surface area contributed by atoms with E-state index in [1.807, 2.05) is 0 Å². The van der Waals surface area contributed by atoms with Crippen molar-refractivity contribution < 1.29 is 17.9 Å². The molecule has 26 heavy (non-hydrogen) atoms. The smallest absolute Gasteiger partial charge is 0.246 e. The van der Waals surface area contributed by atoms with E-state index in [4.69, 9.17) is 4.74 Å². The minimum Gasteiger partial charge on any atom is -0.492 e. The normalized spacial score (nSPS) is 17.5. The Morgan fingerprint density at radius 2 is 2.04 bits per heavy atom. The predicted molar refractivity (Wildman–Crippen MR) is 102 cm³/mol. The van der Waals surface area contributed by atoms with Crippen LogP contribution < -0.4 is 15.4 Å². The van der Waals surface area contributed by atoms with Crippen LogP contribution in [-0.2, 0) is 14.8 Å². The van der Waals surface area contributed by atoms with Gasteiger partial charge in [-0.1, -0.05) is 13.8 Å². The van der Waals surface area contributed by atoms with Gasteiger partial charge in [-0.2, -0.15) is 4.31 Å². The van der Waals surface area contributed by atoms with E-state index in [1.54, 1.807) is 32.9 Å². The minimum atomic E-state index is -3.69. The number of sulfonamides is 1. The number of nitrogens with one attached hydrogen (secondary N) is 2. The van der Waals surface area contributed by atoms with Crippen LogP contribution in [0.5, 0.6) is 5.75 Å². The second kappa shape index (κ2) is 9.34. The zero-order valence-corrected chi connectivity index (χ0v) is 16.6. The highest BCUT2D eigenvalue weighted by Gasteiger charge is 2.26. The Labute approximate surface area is 156 Å². The molecule has 1 unspecified atom stereocenters. The van der Waals surface area contributed by atoms with E-state index >= 15 is 0 Å². The van der Waals surface area contributed by atoms with E-state index in [-0.39, 0.29) is 16.8 Å². The van der Waals surface area contributed by atoms with Gasteiger partial charge in [0, 0.05) is 31.2 Å². The van der Waals surface area contributed by atoms with Crippen LogP contribution in [0.3, 0.4) is 0 Å². The van der Waals surface area contributed by atoms with Gasteiger partial charge in [0.1, 0.15) is 10.6 Å². The highest BCUT2D eigenvalue weighted by atomic mass is 32.2. The first-order chi connectivity index (χ1) is 12.4. The summed E-state index contributed by atoms with van der Waals surface area (Å²) in [6, 6.07) is 4.95. The van der Waals surface area contributed by atoms with Crippen LogP contribution in [0.15, 0.2) is 23.1 Å². The van der Waals surface area contributed by atoms with Crippen molar-refractivity contribution >= 4 is 21.6 Å². The zero-order chi connectivity index (χ0) is 19.2. The van der Waals surface area contributed by atoms with Gasteiger partial charge < -0.3 is 15.4 Å². The second-order valence-corrected chi connectivity index (χ2v) is 8.14. The molecule has 146 valence electrons. The standard InChI is InChI=1S/C18H29N3O4S/c1-4-21(5-2)26(23,24)17-12-15(9-10-16(17)25-6-3)20-18(22)13-14-8-7-11-19-14/h9-10,12,14,19H,4-8,11,13H2,1-3H3,(H,20,22). The van der Waals surface area contributed by atoms with Gasteiger partial charge in [-0.05, 0) is 44.5 Å². The summed E-state index contributed by atoms with van der Waals surface area (Å²) >= 11 is 0. The van der Waals surface area contributed by atoms with Crippen molar-refractivity contribution in [1.29, 1.82) is 0 Å². The lowest BCUT2D eigenvalue weighted by Crippen LogP contribution is -2.31.